The Bertz CT molecular complexity index is 364. The van der Waals surface area contributed by atoms with E-state index in [1.165, 1.54) is 20.8 Å². The summed E-state index contributed by atoms with van der Waals surface area (Å²) in [4.78, 5) is 33.6. The second kappa shape index (κ2) is 6.69. The van der Waals surface area contributed by atoms with Crippen molar-refractivity contribution in [3.8, 4) is 0 Å². The molecule has 0 aromatic heterocycles. The maximum atomic E-state index is 11.2. The van der Waals surface area contributed by atoms with E-state index in [1.807, 2.05) is 0 Å². The summed E-state index contributed by atoms with van der Waals surface area (Å²) in [7, 11) is 0. The first-order chi connectivity index (χ1) is 9.22. The molecule has 0 saturated carbocycles. The second-order valence-electron chi connectivity index (χ2n) is 4.77. The standard InChI is InChI=1S/C13H20O7/c1-6-11(18-8(3)14)13(20-10(5)16)12(7(2)17-6)19-9(4)15/h6-7,11-13H,1-5H3/t6-,7+,11+,12?,13?/m0/s1. The Morgan fingerprint density at radius 1 is 0.700 bits per heavy atom. The molecule has 114 valence electrons. The highest BCUT2D eigenvalue weighted by atomic mass is 16.6. The van der Waals surface area contributed by atoms with Gasteiger partial charge >= 0.3 is 17.9 Å². The zero-order valence-electron chi connectivity index (χ0n) is 12.2. The number of carbonyl (C=O) groups is 3. The Hall–Kier alpha value is -1.63. The smallest absolute Gasteiger partial charge is 0.303 e. The number of hydrogen-bond donors (Lipinski definition) is 0. The predicted molar refractivity (Wildman–Crippen MR) is 66.7 cm³/mol. The topological polar surface area (TPSA) is 88.1 Å². The van der Waals surface area contributed by atoms with Gasteiger partial charge in [-0.1, -0.05) is 0 Å². The van der Waals surface area contributed by atoms with Crippen LogP contribution in [0, 0.1) is 0 Å². The Morgan fingerprint density at radius 2 is 1.00 bits per heavy atom. The Labute approximate surface area is 117 Å². The lowest BCUT2D eigenvalue weighted by Gasteiger charge is -2.42. The fourth-order valence-electron chi connectivity index (χ4n) is 2.25. The molecule has 0 amide bonds. The lowest BCUT2D eigenvalue weighted by molar-refractivity contribution is -0.240. The molecule has 0 bridgehead atoms. The quantitative estimate of drug-likeness (QED) is 0.554. The normalized spacial score (nSPS) is 33.1. The third kappa shape index (κ3) is 4.19. The molecule has 0 radical (unpaired) electrons. The third-order valence-electron chi connectivity index (χ3n) is 2.91. The van der Waals surface area contributed by atoms with Crippen LogP contribution in [0.25, 0.3) is 0 Å². The van der Waals surface area contributed by atoms with Crippen LogP contribution in [0.3, 0.4) is 0 Å². The van der Waals surface area contributed by atoms with Crippen molar-refractivity contribution in [2.24, 2.45) is 0 Å². The van der Waals surface area contributed by atoms with E-state index >= 15 is 0 Å². The van der Waals surface area contributed by atoms with Crippen LogP contribution in [0.5, 0.6) is 0 Å². The molecule has 0 spiro atoms. The van der Waals surface area contributed by atoms with Crippen molar-refractivity contribution in [1.82, 2.24) is 0 Å². The van der Waals surface area contributed by atoms with Crippen LogP contribution < -0.4 is 0 Å². The van der Waals surface area contributed by atoms with Gasteiger partial charge in [-0.2, -0.15) is 0 Å². The third-order valence-corrected chi connectivity index (χ3v) is 2.91. The Balaban J connectivity index is 3.01. The molecule has 2 unspecified atom stereocenters. The monoisotopic (exact) mass is 288 g/mol. The van der Waals surface area contributed by atoms with Crippen molar-refractivity contribution in [2.75, 3.05) is 0 Å². The van der Waals surface area contributed by atoms with E-state index in [0.29, 0.717) is 0 Å². The second-order valence-corrected chi connectivity index (χ2v) is 4.77. The van der Waals surface area contributed by atoms with Gasteiger partial charge in [0, 0.05) is 20.8 Å². The van der Waals surface area contributed by atoms with Crippen LogP contribution in [0.1, 0.15) is 34.6 Å². The van der Waals surface area contributed by atoms with E-state index in [4.69, 9.17) is 18.9 Å². The van der Waals surface area contributed by atoms with Crippen molar-refractivity contribution in [3.63, 3.8) is 0 Å². The number of ether oxygens (including phenoxy) is 4. The van der Waals surface area contributed by atoms with E-state index < -0.39 is 48.4 Å². The summed E-state index contributed by atoms with van der Waals surface area (Å²) in [6, 6.07) is 0. The lowest BCUT2D eigenvalue weighted by atomic mass is 9.95. The number of rotatable bonds is 3. The Morgan fingerprint density at radius 3 is 1.30 bits per heavy atom. The van der Waals surface area contributed by atoms with Crippen LogP contribution in [0.15, 0.2) is 0 Å². The summed E-state index contributed by atoms with van der Waals surface area (Å²) >= 11 is 0. The van der Waals surface area contributed by atoms with Gasteiger partial charge in [-0.15, -0.1) is 0 Å². The van der Waals surface area contributed by atoms with E-state index in [0.717, 1.165) is 0 Å². The predicted octanol–water partition coefficient (Wildman–Crippen LogP) is 0.589. The first kappa shape index (κ1) is 16.4. The SMILES string of the molecule is CC(=O)OC1C(OC(C)=O)[C@H](OC(C)=O)[C@H](C)O[C@@H]1C. The molecule has 0 N–H and O–H groups in total. The van der Waals surface area contributed by atoms with Crippen LogP contribution in [0.2, 0.25) is 0 Å². The summed E-state index contributed by atoms with van der Waals surface area (Å²) in [5.41, 5.74) is 0. The van der Waals surface area contributed by atoms with E-state index in [9.17, 15) is 14.4 Å². The molecule has 20 heavy (non-hydrogen) atoms. The van der Waals surface area contributed by atoms with Crippen molar-refractivity contribution >= 4 is 17.9 Å². The maximum Gasteiger partial charge on any atom is 0.303 e. The molecular weight excluding hydrogens is 268 g/mol. The first-order valence-corrected chi connectivity index (χ1v) is 6.39. The Kier molecular flexibility index (Phi) is 5.50. The number of carbonyl (C=O) groups excluding carboxylic acids is 3. The van der Waals surface area contributed by atoms with Gasteiger partial charge in [-0.05, 0) is 13.8 Å². The van der Waals surface area contributed by atoms with Crippen molar-refractivity contribution in [1.29, 1.82) is 0 Å². The minimum absolute atomic E-state index is 0.481. The summed E-state index contributed by atoms with van der Waals surface area (Å²) in [5, 5.41) is 0. The molecule has 1 fully saturated rings. The first-order valence-electron chi connectivity index (χ1n) is 6.39. The van der Waals surface area contributed by atoms with E-state index in [1.54, 1.807) is 13.8 Å². The minimum Gasteiger partial charge on any atom is -0.456 e. The van der Waals surface area contributed by atoms with E-state index in [2.05, 4.69) is 0 Å². The molecule has 1 aliphatic rings. The molecule has 1 aliphatic heterocycles. The van der Waals surface area contributed by atoms with Crippen LogP contribution in [-0.2, 0) is 33.3 Å². The van der Waals surface area contributed by atoms with Crippen LogP contribution in [-0.4, -0.2) is 48.4 Å². The fourth-order valence-corrected chi connectivity index (χ4v) is 2.25. The highest BCUT2D eigenvalue weighted by Crippen LogP contribution is 2.28. The van der Waals surface area contributed by atoms with Gasteiger partial charge in [-0.3, -0.25) is 14.4 Å². The molecule has 0 aromatic rings. The van der Waals surface area contributed by atoms with Gasteiger partial charge in [0.05, 0.1) is 12.2 Å². The molecule has 1 saturated heterocycles. The highest BCUT2D eigenvalue weighted by molar-refractivity contribution is 5.68. The molecule has 0 aromatic carbocycles. The van der Waals surface area contributed by atoms with E-state index in [-0.39, 0.29) is 0 Å². The summed E-state index contributed by atoms with van der Waals surface area (Å²) in [6.45, 7) is 7.13. The zero-order valence-corrected chi connectivity index (χ0v) is 12.2. The van der Waals surface area contributed by atoms with Gasteiger partial charge in [0.15, 0.2) is 18.3 Å². The fraction of sp³-hybridized carbons (Fsp3) is 0.769. The highest BCUT2D eigenvalue weighted by Gasteiger charge is 2.48. The molecular formula is C13H20O7. The maximum absolute atomic E-state index is 11.2. The summed E-state index contributed by atoms with van der Waals surface area (Å²) < 4.78 is 21.1. The van der Waals surface area contributed by atoms with Crippen molar-refractivity contribution < 1.29 is 33.3 Å². The summed E-state index contributed by atoms with van der Waals surface area (Å²) in [5.74, 6) is -1.61. The average molecular weight is 288 g/mol. The van der Waals surface area contributed by atoms with Gasteiger partial charge in [-0.25, -0.2) is 0 Å². The molecule has 0 aliphatic carbocycles. The van der Waals surface area contributed by atoms with Crippen molar-refractivity contribution in [3.05, 3.63) is 0 Å². The largest absolute Gasteiger partial charge is 0.456 e. The lowest BCUT2D eigenvalue weighted by Crippen LogP contribution is -2.59. The van der Waals surface area contributed by atoms with Crippen molar-refractivity contribution in [2.45, 2.75) is 65.1 Å². The van der Waals surface area contributed by atoms with Gasteiger partial charge in [0.1, 0.15) is 0 Å². The molecule has 1 heterocycles. The zero-order chi connectivity index (χ0) is 15.4. The van der Waals surface area contributed by atoms with Gasteiger partial charge < -0.3 is 18.9 Å². The number of esters is 3. The molecule has 1 rings (SSSR count). The summed E-state index contributed by atoms with van der Waals surface area (Å²) in [6.07, 6.45) is -3.50. The van der Waals surface area contributed by atoms with Gasteiger partial charge in [0.25, 0.3) is 0 Å². The molecule has 7 heteroatoms. The van der Waals surface area contributed by atoms with Gasteiger partial charge in [0.2, 0.25) is 0 Å². The number of hydrogen-bond acceptors (Lipinski definition) is 7. The molecule has 7 nitrogen and oxygen atoms in total. The minimum atomic E-state index is -0.890. The van der Waals surface area contributed by atoms with Crippen LogP contribution in [0.4, 0.5) is 0 Å². The molecule has 5 atom stereocenters. The van der Waals surface area contributed by atoms with Crippen LogP contribution >= 0.6 is 0 Å². The average Bonchev–Trinajstić information content (AvgIpc) is 2.27.